The maximum absolute atomic E-state index is 12.4. The summed E-state index contributed by atoms with van der Waals surface area (Å²) < 4.78 is 9.85. The Hall–Kier alpha value is -3.88. The minimum absolute atomic E-state index is 0.0732. The number of benzene rings is 1. The highest BCUT2D eigenvalue weighted by atomic mass is 16.5. The molecule has 0 unspecified atom stereocenters. The summed E-state index contributed by atoms with van der Waals surface area (Å²) in [5.41, 5.74) is 2.42. The molecule has 156 valence electrons. The molecule has 0 bridgehead atoms. The van der Waals surface area contributed by atoms with Crippen LogP contribution in [0.4, 0.5) is 0 Å². The van der Waals surface area contributed by atoms with E-state index in [1.165, 1.54) is 12.3 Å². The lowest BCUT2D eigenvalue weighted by Crippen LogP contribution is -2.39. The van der Waals surface area contributed by atoms with E-state index in [1.807, 2.05) is 25.1 Å². The largest absolute Gasteiger partial charge is 0.459 e. The second kappa shape index (κ2) is 9.55. The molecule has 2 aromatic heterocycles. The van der Waals surface area contributed by atoms with Crippen LogP contribution in [-0.2, 0) is 20.7 Å². The number of Topliss-reactive ketones (excluding diaryl/α,β-unsaturated/α-hetero) is 1. The SMILES string of the molecule is CCc1cccc2c(C(=O)COC(=O)CNC(=O)CNC(=O)c3ccco3)c[nH]c12. The molecule has 0 aliphatic heterocycles. The second-order valence-corrected chi connectivity index (χ2v) is 6.42. The summed E-state index contributed by atoms with van der Waals surface area (Å²) in [7, 11) is 0. The molecule has 3 aromatic rings. The Morgan fingerprint density at radius 2 is 1.90 bits per heavy atom. The zero-order chi connectivity index (χ0) is 21.5. The summed E-state index contributed by atoms with van der Waals surface area (Å²) in [6, 6.07) is 8.69. The van der Waals surface area contributed by atoms with Gasteiger partial charge in [-0.05, 0) is 24.1 Å². The maximum atomic E-state index is 12.4. The normalized spacial score (nSPS) is 10.6. The molecule has 0 aliphatic rings. The Morgan fingerprint density at radius 1 is 1.07 bits per heavy atom. The van der Waals surface area contributed by atoms with Crippen molar-refractivity contribution in [2.75, 3.05) is 19.7 Å². The molecule has 2 heterocycles. The summed E-state index contributed by atoms with van der Waals surface area (Å²) in [5, 5.41) is 5.43. The van der Waals surface area contributed by atoms with Crippen LogP contribution in [0, 0.1) is 0 Å². The highest BCUT2D eigenvalue weighted by Gasteiger charge is 2.16. The number of aromatic nitrogens is 1. The zero-order valence-electron chi connectivity index (χ0n) is 16.3. The van der Waals surface area contributed by atoms with Crippen LogP contribution in [0.25, 0.3) is 10.9 Å². The molecule has 0 atom stereocenters. The molecule has 0 spiro atoms. The van der Waals surface area contributed by atoms with Crippen molar-refractivity contribution in [1.29, 1.82) is 0 Å². The number of carbonyl (C=O) groups is 4. The van der Waals surface area contributed by atoms with Gasteiger partial charge in [0.1, 0.15) is 6.54 Å². The Balaban J connectivity index is 1.43. The molecular formula is C21H21N3O6. The fourth-order valence-electron chi connectivity index (χ4n) is 2.91. The topological polar surface area (TPSA) is 130 Å². The number of ketones is 1. The lowest BCUT2D eigenvalue weighted by molar-refractivity contribution is -0.142. The van der Waals surface area contributed by atoms with E-state index in [2.05, 4.69) is 15.6 Å². The van der Waals surface area contributed by atoms with Gasteiger partial charge < -0.3 is 24.8 Å². The third-order valence-electron chi connectivity index (χ3n) is 4.43. The average molecular weight is 411 g/mol. The van der Waals surface area contributed by atoms with Crippen LogP contribution < -0.4 is 10.6 Å². The van der Waals surface area contributed by atoms with Gasteiger partial charge in [0.2, 0.25) is 11.7 Å². The first-order valence-corrected chi connectivity index (χ1v) is 9.35. The van der Waals surface area contributed by atoms with Gasteiger partial charge in [0.05, 0.1) is 12.8 Å². The van der Waals surface area contributed by atoms with E-state index in [9.17, 15) is 19.2 Å². The van der Waals surface area contributed by atoms with Crippen LogP contribution >= 0.6 is 0 Å². The number of rotatable bonds is 9. The van der Waals surface area contributed by atoms with E-state index in [0.717, 1.165) is 22.9 Å². The van der Waals surface area contributed by atoms with Crippen molar-refractivity contribution in [2.24, 2.45) is 0 Å². The number of furan rings is 1. The number of aromatic amines is 1. The second-order valence-electron chi connectivity index (χ2n) is 6.42. The van der Waals surface area contributed by atoms with Gasteiger partial charge in [-0.25, -0.2) is 0 Å². The number of hydrogen-bond acceptors (Lipinski definition) is 6. The highest BCUT2D eigenvalue weighted by Crippen LogP contribution is 2.22. The number of aryl methyl sites for hydroxylation is 1. The number of carbonyl (C=O) groups excluding carboxylic acids is 4. The monoisotopic (exact) mass is 411 g/mol. The van der Waals surface area contributed by atoms with Crippen molar-refractivity contribution in [3.05, 3.63) is 59.7 Å². The molecule has 2 amide bonds. The molecule has 0 fully saturated rings. The molecular weight excluding hydrogens is 390 g/mol. The molecule has 3 N–H and O–H groups in total. The van der Waals surface area contributed by atoms with E-state index >= 15 is 0 Å². The van der Waals surface area contributed by atoms with E-state index < -0.39 is 30.9 Å². The Kier molecular flexibility index (Phi) is 6.63. The molecule has 9 heteroatoms. The van der Waals surface area contributed by atoms with Gasteiger partial charge in [0, 0.05) is 22.7 Å². The summed E-state index contributed by atoms with van der Waals surface area (Å²) in [6.07, 6.45) is 3.76. The quantitative estimate of drug-likeness (QED) is 0.362. The standard InChI is InChI=1S/C21H21N3O6/c1-2-13-5-3-6-14-15(9-23-20(13)14)16(25)12-30-19(27)11-22-18(26)10-24-21(28)17-7-4-8-29-17/h3-9,23H,2,10-12H2,1H3,(H,22,26)(H,24,28). The molecule has 0 saturated heterocycles. The first-order valence-electron chi connectivity index (χ1n) is 9.35. The minimum atomic E-state index is -0.761. The van der Waals surface area contributed by atoms with E-state index in [-0.39, 0.29) is 18.1 Å². The van der Waals surface area contributed by atoms with E-state index in [0.29, 0.717) is 5.56 Å². The summed E-state index contributed by atoms with van der Waals surface area (Å²) in [5.74, 6) is -2.16. The van der Waals surface area contributed by atoms with Crippen LogP contribution in [0.15, 0.2) is 47.2 Å². The maximum Gasteiger partial charge on any atom is 0.325 e. The lowest BCUT2D eigenvalue weighted by Gasteiger charge is -2.07. The Morgan fingerprint density at radius 3 is 2.63 bits per heavy atom. The highest BCUT2D eigenvalue weighted by molar-refractivity contribution is 6.09. The lowest BCUT2D eigenvalue weighted by atomic mass is 10.1. The first kappa shape index (κ1) is 20.8. The first-order chi connectivity index (χ1) is 14.5. The number of nitrogens with one attached hydrogen (secondary N) is 3. The van der Waals surface area contributed by atoms with Crippen LogP contribution in [0.5, 0.6) is 0 Å². The van der Waals surface area contributed by atoms with Crippen molar-refractivity contribution in [3.8, 4) is 0 Å². The predicted octanol–water partition coefficient (Wildman–Crippen LogP) is 1.60. The number of H-pyrrole nitrogens is 1. The van der Waals surface area contributed by atoms with Gasteiger partial charge in [-0.3, -0.25) is 19.2 Å². The molecule has 30 heavy (non-hydrogen) atoms. The molecule has 0 aliphatic carbocycles. The van der Waals surface area contributed by atoms with Crippen LogP contribution in [-0.4, -0.2) is 48.2 Å². The van der Waals surface area contributed by atoms with Gasteiger partial charge in [-0.15, -0.1) is 0 Å². The van der Waals surface area contributed by atoms with Gasteiger partial charge in [-0.1, -0.05) is 25.1 Å². The van der Waals surface area contributed by atoms with Crippen LogP contribution in [0.3, 0.4) is 0 Å². The zero-order valence-corrected chi connectivity index (χ0v) is 16.3. The minimum Gasteiger partial charge on any atom is -0.459 e. The van der Waals surface area contributed by atoms with Gasteiger partial charge >= 0.3 is 5.97 Å². The summed E-state index contributed by atoms with van der Waals surface area (Å²) in [4.78, 5) is 50.7. The van der Waals surface area contributed by atoms with Crippen molar-refractivity contribution >= 4 is 34.5 Å². The van der Waals surface area contributed by atoms with E-state index in [4.69, 9.17) is 9.15 Å². The number of hydrogen-bond donors (Lipinski definition) is 3. The average Bonchev–Trinajstić information content (AvgIpc) is 3.44. The summed E-state index contributed by atoms with van der Waals surface area (Å²) >= 11 is 0. The van der Waals surface area contributed by atoms with Crippen molar-refractivity contribution in [1.82, 2.24) is 15.6 Å². The smallest absolute Gasteiger partial charge is 0.325 e. The third-order valence-corrected chi connectivity index (χ3v) is 4.43. The number of amides is 2. The van der Waals surface area contributed by atoms with Gasteiger partial charge in [-0.2, -0.15) is 0 Å². The fraction of sp³-hybridized carbons (Fsp3) is 0.238. The molecule has 9 nitrogen and oxygen atoms in total. The third kappa shape index (κ3) is 4.93. The summed E-state index contributed by atoms with van der Waals surface area (Å²) in [6.45, 7) is 0.834. The van der Waals surface area contributed by atoms with E-state index in [1.54, 1.807) is 12.3 Å². The number of ether oxygens (including phenoxy) is 1. The number of esters is 1. The molecule has 3 rings (SSSR count). The molecule has 0 saturated carbocycles. The van der Waals surface area contributed by atoms with Gasteiger partial charge in [0.15, 0.2) is 12.4 Å². The van der Waals surface area contributed by atoms with Crippen LogP contribution in [0.2, 0.25) is 0 Å². The Bertz CT molecular complexity index is 1070. The Labute approximate surface area is 171 Å². The predicted molar refractivity (Wildman–Crippen MR) is 107 cm³/mol. The van der Waals surface area contributed by atoms with Gasteiger partial charge in [0.25, 0.3) is 5.91 Å². The van der Waals surface area contributed by atoms with Crippen molar-refractivity contribution in [3.63, 3.8) is 0 Å². The van der Waals surface area contributed by atoms with Crippen molar-refractivity contribution < 1.29 is 28.3 Å². The number of fused-ring (bicyclic) bond motifs is 1. The fourth-order valence-corrected chi connectivity index (χ4v) is 2.91. The molecule has 0 radical (unpaired) electrons. The van der Waals surface area contributed by atoms with Crippen LogP contribution in [0.1, 0.15) is 33.4 Å². The van der Waals surface area contributed by atoms with Crippen molar-refractivity contribution in [2.45, 2.75) is 13.3 Å². The molecule has 1 aromatic carbocycles. The number of para-hydroxylation sites is 1.